The topological polar surface area (TPSA) is 80.0 Å². The highest BCUT2D eigenvalue weighted by Crippen LogP contribution is 2.30. The van der Waals surface area contributed by atoms with Crippen LogP contribution < -0.4 is 11.1 Å². The highest BCUT2D eigenvalue weighted by molar-refractivity contribution is 6.42. The van der Waals surface area contributed by atoms with Gasteiger partial charge < -0.3 is 16.0 Å². The number of hydrogen-bond donors (Lipinski definition) is 2. The predicted octanol–water partition coefficient (Wildman–Crippen LogP) is 3.65. The summed E-state index contributed by atoms with van der Waals surface area (Å²) < 4.78 is 0. The molecule has 27 heavy (non-hydrogen) atoms. The highest BCUT2D eigenvalue weighted by atomic mass is 35.5. The second-order valence-corrected chi connectivity index (χ2v) is 7.49. The summed E-state index contributed by atoms with van der Waals surface area (Å²) in [6, 6.07) is 11.6. The van der Waals surface area contributed by atoms with Gasteiger partial charge in [-0.15, -0.1) is 10.2 Å². The molecule has 0 saturated carbocycles. The van der Waals surface area contributed by atoms with Crippen LogP contribution in [0.5, 0.6) is 0 Å². The quantitative estimate of drug-likeness (QED) is 0.654. The Morgan fingerprint density at radius 1 is 1.11 bits per heavy atom. The predicted molar refractivity (Wildman–Crippen MR) is 109 cm³/mol. The number of rotatable bonds is 6. The fourth-order valence-electron chi connectivity index (χ4n) is 3.29. The first kappa shape index (κ1) is 18.4. The molecule has 2 heterocycles. The fourth-order valence-corrected chi connectivity index (χ4v) is 3.60. The van der Waals surface area contributed by atoms with Crippen LogP contribution >= 0.6 is 23.2 Å². The standard InChI is InChI=1S/C19H20Cl2N6/c20-15-6-5-12(9-16(15)21)17(11-27-7-2-8-27)23-19-14-4-1-3-13(10-22)18(14)24-26-25-19/h1,3-6,9,17H,2,7-8,10-11,22H2,(H,23,24,25). The minimum atomic E-state index is 0.00139. The molecule has 6 nitrogen and oxygen atoms in total. The Kier molecular flexibility index (Phi) is 5.41. The van der Waals surface area contributed by atoms with E-state index in [-0.39, 0.29) is 6.04 Å². The molecule has 3 N–H and O–H groups in total. The van der Waals surface area contributed by atoms with E-state index < -0.39 is 0 Å². The second-order valence-electron chi connectivity index (χ2n) is 6.68. The number of anilines is 1. The third kappa shape index (κ3) is 3.84. The zero-order chi connectivity index (χ0) is 18.8. The van der Waals surface area contributed by atoms with Crippen LogP contribution in [-0.4, -0.2) is 39.9 Å². The van der Waals surface area contributed by atoms with E-state index in [1.54, 1.807) is 0 Å². The van der Waals surface area contributed by atoms with E-state index >= 15 is 0 Å². The largest absolute Gasteiger partial charge is 0.360 e. The Hall–Kier alpha value is -1.99. The lowest BCUT2D eigenvalue weighted by Crippen LogP contribution is -2.41. The van der Waals surface area contributed by atoms with Crippen molar-refractivity contribution in [3.8, 4) is 0 Å². The van der Waals surface area contributed by atoms with E-state index in [4.69, 9.17) is 28.9 Å². The number of nitrogens with zero attached hydrogens (tertiary/aromatic N) is 4. The lowest BCUT2D eigenvalue weighted by Gasteiger charge is -2.34. The van der Waals surface area contributed by atoms with Gasteiger partial charge >= 0.3 is 0 Å². The number of likely N-dealkylation sites (tertiary alicyclic amines) is 1. The number of benzene rings is 2. The van der Waals surface area contributed by atoms with Crippen molar-refractivity contribution in [3.63, 3.8) is 0 Å². The normalized spacial score (nSPS) is 15.5. The molecule has 8 heteroatoms. The number of hydrogen-bond acceptors (Lipinski definition) is 6. The minimum Gasteiger partial charge on any atom is -0.360 e. The summed E-state index contributed by atoms with van der Waals surface area (Å²) >= 11 is 12.4. The van der Waals surface area contributed by atoms with Gasteiger partial charge in [0.05, 0.1) is 16.1 Å². The zero-order valence-electron chi connectivity index (χ0n) is 14.7. The van der Waals surface area contributed by atoms with Gasteiger partial charge in [0, 0.05) is 18.5 Å². The molecule has 140 valence electrons. The number of aromatic nitrogens is 3. The molecule has 1 saturated heterocycles. The lowest BCUT2D eigenvalue weighted by molar-refractivity contribution is 0.174. The zero-order valence-corrected chi connectivity index (χ0v) is 16.2. The van der Waals surface area contributed by atoms with E-state index in [9.17, 15) is 0 Å². The van der Waals surface area contributed by atoms with Crippen LogP contribution in [0.25, 0.3) is 10.9 Å². The SMILES string of the molecule is NCc1cccc2c(NC(CN3CCC3)c3ccc(Cl)c(Cl)c3)nnnc12. The molecule has 0 spiro atoms. The molecule has 1 atom stereocenters. The molecule has 0 bridgehead atoms. The summed E-state index contributed by atoms with van der Waals surface area (Å²) in [5.41, 5.74) is 8.61. The van der Waals surface area contributed by atoms with Crippen molar-refractivity contribution < 1.29 is 0 Å². The number of nitrogens with two attached hydrogens (primary N) is 1. The van der Waals surface area contributed by atoms with Gasteiger partial charge in [-0.3, -0.25) is 0 Å². The van der Waals surface area contributed by atoms with Crippen LogP contribution in [0.2, 0.25) is 10.0 Å². The first-order valence-corrected chi connectivity index (χ1v) is 9.66. The fraction of sp³-hybridized carbons (Fsp3) is 0.316. The van der Waals surface area contributed by atoms with Gasteiger partial charge in [-0.25, -0.2) is 0 Å². The molecule has 3 aromatic rings. The van der Waals surface area contributed by atoms with Crippen LogP contribution in [0.4, 0.5) is 5.82 Å². The summed E-state index contributed by atoms with van der Waals surface area (Å²) in [4.78, 5) is 2.39. The molecule has 0 aliphatic carbocycles. The van der Waals surface area contributed by atoms with E-state index in [0.29, 0.717) is 22.4 Å². The second kappa shape index (κ2) is 7.94. The average Bonchev–Trinajstić information content (AvgIpc) is 2.65. The molecule has 0 radical (unpaired) electrons. The Morgan fingerprint density at radius 2 is 1.96 bits per heavy atom. The third-order valence-corrected chi connectivity index (χ3v) is 5.67. The third-order valence-electron chi connectivity index (χ3n) is 4.93. The molecule has 1 unspecified atom stereocenters. The molecule has 1 aromatic heterocycles. The van der Waals surface area contributed by atoms with Gasteiger partial charge in [-0.2, -0.15) is 0 Å². The Morgan fingerprint density at radius 3 is 2.67 bits per heavy atom. The van der Waals surface area contributed by atoms with Gasteiger partial charge in [0.25, 0.3) is 0 Å². The van der Waals surface area contributed by atoms with Crippen molar-refractivity contribution in [2.24, 2.45) is 5.73 Å². The van der Waals surface area contributed by atoms with Crippen molar-refractivity contribution in [1.82, 2.24) is 20.3 Å². The van der Waals surface area contributed by atoms with E-state index in [2.05, 4.69) is 25.6 Å². The number of nitrogens with one attached hydrogen (secondary N) is 1. The Bertz CT molecular complexity index is 960. The maximum Gasteiger partial charge on any atom is 0.160 e. The highest BCUT2D eigenvalue weighted by Gasteiger charge is 2.22. The van der Waals surface area contributed by atoms with Crippen molar-refractivity contribution >= 4 is 39.9 Å². The van der Waals surface area contributed by atoms with Gasteiger partial charge in [-0.05, 0) is 54.0 Å². The summed E-state index contributed by atoms with van der Waals surface area (Å²) in [5.74, 6) is 0.687. The monoisotopic (exact) mass is 402 g/mol. The van der Waals surface area contributed by atoms with Crippen molar-refractivity contribution in [2.45, 2.75) is 19.0 Å². The van der Waals surface area contributed by atoms with Gasteiger partial charge in [0.2, 0.25) is 0 Å². The van der Waals surface area contributed by atoms with Crippen LogP contribution in [-0.2, 0) is 6.54 Å². The Labute approximate surface area is 167 Å². The summed E-state index contributed by atoms with van der Waals surface area (Å²) in [7, 11) is 0. The lowest BCUT2D eigenvalue weighted by atomic mass is 10.0. The van der Waals surface area contributed by atoms with Crippen molar-refractivity contribution in [2.75, 3.05) is 25.0 Å². The smallest absolute Gasteiger partial charge is 0.160 e. The van der Waals surface area contributed by atoms with Gasteiger partial charge in [0.15, 0.2) is 5.82 Å². The molecule has 1 aliphatic rings. The number of fused-ring (bicyclic) bond motifs is 1. The molecule has 1 aliphatic heterocycles. The molecule has 4 rings (SSSR count). The van der Waals surface area contributed by atoms with Gasteiger partial charge in [-0.1, -0.05) is 41.4 Å². The van der Waals surface area contributed by atoms with Crippen molar-refractivity contribution in [3.05, 3.63) is 57.6 Å². The van der Waals surface area contributed by atoms with Crippen molar-refractivity contribution in [1.29, 1.82) is 0 Å². The van der Waals surface area contributed by atoms with E-state index in [1.165, 1.54) is 6.42 Å². The van der Waals surface area contributed by atoms with Crippen LogP contribution in [0.3, 0.4) is 0 Å². The number of halogens is 2. The van der Waals surface area contributed by atoms with E-state index in [0.717, 1.165) is 41.7 Å². The summed E-state index contributed by atoms with van der Waals surface area (Å²) in [6.45, 7) is 3.44. The Balaban J connectivity index is 1.71. The first-order chi connectivity index (χ1) is 13.2. The summed E-state index contributed by atoms with van der Waals surface area (Å²) in [6.07, 6.45) is 1.23. The van der Waals surface area contributed by atoms with E-state index in [1.807, 2.05) is 36.4 Å². The maximum absolute atomic E-state index is 6.25. The molecular weight excluding hydrogens is 383 g/mol. The molecular formula is C19H20Cl2N6. The molecule has 2 aromatic carbocycles. The van der Waals surface area contributed by atoms with Crippen LogP contribution in [0.15, 0.2) is 36.4 Å². The molecule has 0 amide bonds. The minimum absolute atomic E-state index is 0.00139. The summed E-state index contributed by atoms with van der Waals surface area (Å²) in [5, 5.41) is 17.9. The molecule has 1 fully saturated rings. The van der Waals surface area contributed by atoms with Gasteiger partial charge in [0.1, 0.15) is 5.52 Å². The van der Waals surface area contributed by atoms with Crippen LogP contribution in [0.1, 0.15) is 23.6 Å². The average molecular weight is 403 g/mol. The first-order valence-electron chi connectivity index (χ1n) is 8.90. The maximum atomic E-state index is 6.25. The van der Waals surface area contributed by atoms with Crippen LogP contribution in [0, 0.1) is 0 Å².